The Morgan fingerprint density at radius 2 is 1.86 bits per heavy atom. The third-order valence-corrected chi connectivity index (χ3v) is 2.45. The predicted molar refractivity (Wildman–Crippen MR) is 53.2 cm³/mol. The van der Waals surface area contributed by atoms with E-state index in [1.54, 1.807) is 6.92 Å². The monoisotopic (exact) mass is 199 g/mol. The Hall–Kier alpha value is -0.960. The van der Waals surface area contributed by atoms with Crippen molar-refractivity contribution >= 4 is 0 Å². The van der Waals surface area contributed by atoms with Crippen molar-refractivity contribution in [3.8, 4) is 0 Å². The lowest BCUT2D eigenvalue weighted by Gasteiger charge is -2.09. The van der Waals surface area contributed by atoms with Gasteiger partial charge in [-0.1, -0.05) is 0 Å². The zero-order chi connectivity index (χ0) is 10.7. The summed E-state index contributed by atoms with van der Waals surface area (Å²) < 4.78 is 26.6. The number of halogens is 2. The molecule has 0 spiro atoms. The summed E-state index contributed by atoms with van der Waals surface area (Å²) in [5.74, 6) is -0.905. The first-order valence-electron chi connectivity index (χ1n) is 4.72. The third-order valence-electron chi connectivity index (χ3n) is 2.45. The molecular formula is C11H15F2N. The maximum Gasteiger partial charge on any atom is 0.132 e. The van der Waals surface area contributed by atoms with Crippen LogP contribution in [0, 0.1) is 25.5 Å². The lowest BCUT2D eigenvalue weighted by molar-refractivity contribution is 0.557. The highest BCUT2D eigenvalue weighted by Crippen LogP contribution is 2.20. The van der Waals surface area contributed by atoms with E-state index in [1.807, 2.05) is 0 Å². The van der Waals surface area contributed by atoms with Crippen molar-refractivity contribution in [2.75, 3.05) is 6.54 Å². The first kappa shape index (κ1) is 11.1. The molecule has 1 aromatic carbocycles. The second kappa shape index (κ2) is 4.51. The second-order valence-corrected chi connectivity index (χ2v) is 3.47. The van der Waals surface area contributed by atoms with Crippen molar-refractivity contribution in [3.63, 3.8) is 0 Å². The van der Waals surface area contributed by atoms with Crippen LogP contribution in [0.4, 0.5) is 8.78 Å². The van der Waals surface area contributed by atoms with E-state index in [4.69, 9.17) is 5.73 Å². The van der Waals surface area contributed by atoms with Gasteiger partial charge in [0.1, 0.15) is 11.6 Å². The number of hydrogen-bond acceptors (Lipinski definition) is 1. The van der Waals surface area contributed by atoms with Gasteiger partial charge >= 0.3 is 0 Å². The molecule has 1 rings (SSSR count). The molecule has 0 aliphatic carbocycles. The molecule has 1 aromatic rings. The minimum atomic E-state index is -0.472. The van der Waals surface area contributed by atoms with Crippen molar-refractivity contribution in [1.82, 2.24) is 0 Å². The zero-order valence-corrected chi connectivity index (χ0v) is 8.53. The smallest absolute Gasteiger partial charge is 0.132 e. The van der Waals surface area contributed by atoms with Crippen LogP contribution in [0.5, 0.6) is 0 Å². The molecule has 0 amide bonds. The number of hydrogen-bond donors (Lipinski definition) is 1. The van der Waals surface area contributed by atoms with Crippen LogP contribution in [0.2, 0.25) is 0 Å². The molecule has 14 heavy (non-hydrogen) atoms. The largest absolute Gasteiger partial charge is 0.330 e. The molecule has 0 radical (unpaired) electrons. The summed E-state index contributed by atoms with van der Waals surface area (Å²) >= 11 is 0. The van der Waals surface area contributed by atoms with E-state index in [-0.39, 0.29) is 5.56 Å². The molecule has 1 nitrogen and oxygen atoms in total. The van der Waals surface area contributed by atoms with Gasteiger partial charge in [0.15, 0.2) is 0 Å². The zero-order valence-electron chi connectivity index (χ0n) is 8.53. The summed E-state index contributed by atoms with van der Waals surface area (Å²) in [7, 11) is 0. The van der Waals surface area contributed by atoms with E-state index >= 15 is 0 Å². The molecule has 78 valence electrons. The van der Waals surface area contributed by atoms with Gasteiger partial charge in [-0.25, -0.2) is 8.78 Å². The Morgan fingerprint density at radius 1 is 1.21 bits per heavy atom. The van der Waals surface area contributed by atoms with Crippen LogP contribution in [-0.2, 0) is 6.42 Å². The molecular weight excluding hydrogens is 184 g/mol. The second-order valence-electron chi connectivity index (χ2n) is 3.47. The quantitative estimate of drug-likeness (QED) is 0.795. The topological polar surface area (TPSA) is 26.0 Å². The van der Waals surface area contributed by atoms with Gasteiger partial charge in [0.2, 0.25) is 0 Å². The predicted octanol–water partition coefficient (Wildman–Crippen LogP) is 2.47. The van der Waals surface area contributed by atoms with E-state index in [0.29, 0.717) is 18.5 Å². The van der Waals surface area contributed by atoms with E-state index in [9.17, 15) is 8.78 Å². The summed E-state index contributed by atoms with van der Waals surface area (Å²) in [4.78, 5) is 0. The Kier molecular flexibility index (Phi) is 3.58. The van der Waals surface area contributed by atoms with Gasteiger partial charge in [-0.05, 0) is 50.4 Å². The van der Waals surface area contributed by atoms with Crippen LogP contribution in [0.1, 0.15) is 23.1 Å². The molecule has 0 saturated heterocycles. The van der Waals surface area contributed by atoms with Gasteiger partial charge in [-0.15, -0.1) is 0 Å². The Labute approximate surface area is 82.9 Å². The molecule has 0 unspecified atom stereocenters. The number of rotatable bonds is 3. The van der Waals surface area contributed by atoms with Crippen LogP contribution in [0.25, 0.3) is 0 Å². The summed E-state index contributed by atoms with van der Waals surface area (Å²) in [5, 5.41) is 0. The minimum Gasteiger partial charge on any atom is -0.330 e. The number of nitrogens with two attached hydrogens (primary N) is 1. The van der Waals surface area contributed by atoms with E-state index < -0.39 is 11.6 Å². The van der Waals surface area contributed by atoms with Crippen LogP contribution in [0.15, 0.2) is 6.07 Å². The number of benzene rings is 1. The Balaban J connectivity index is 3.06. The van der Waals surface area contributed by atoms with Crippen molar-refractivity contribution in [2.24, 2.45) is 5.73 Å². The molecule has 0 aliphatic heterocycles. The summed E-state index contributed by atoms with van der Waals surface area (Å²) in [5.41, 5.74) is 6.70. The van der Waals surface area contributed by atoms with Crippen molar-refractivity contribution < 1.29 is 8.78 Å². The highest BCUT2D eigenvalue weighted by molar-refractivity contribution is 5.33. The summed E-state index contributed by atoms with van der Waals surface area (Å²) in [6.07, 6.45) is 1.39. The minimum absolute atomic E-state index is 0.0963. The van der Waals surface area contributed by atoms with Crippen LogP contribution in [0.3, 0.4) is 0 Å². The highest BCUT2D eigenvalue weighted by Gasteiger charge is 2.11. The van der Waals surface area contributed by atoms with E-state index in [2.05, 4.69) is 0 Å². The van der Waals surface area contributed by atoms with Gasteiger partial charge in [0, 0.05) is 5.56 Å². The van der Waals surface area contributed by atoms with Crippen molar-refractivity contribution in [3.05, 3.63) is 34.4 Å². The Bertz CT molecular complexity index is 335. The van der Waals surface area contributed by atoms with Gasteiger partial charge in [0.25, 0.3) is 0 Å². The van der Waals surface area contributed by atoms with E-state index in [1.165, 1.54) is 13.0 Å². The van der Waals surface area contributed by atoms with Crippen LogP contribution < -0.4 is 5.73 Å². The van der Waals surface area contributed by atoms with Crippen molar-refractivity contribution in [1.29, 1.82) is 0 Å². The first-order chi connectivity index (χ1) is 6.57. The highest BCUT2D eigenvalue weighted by atomic mass is 19.1. The van der Waals surface area contributed by atoms with Crippen LogP contribution >= 0.6 is 0 Å². The molecule has 0 saturated carbocycles. The average molecular weight is 199 g/mol. The molecule has 0 aromatic heterocycles. The fraction of sp³-hybridized carbons (Fsp3) is 0.455. The number of aryl methyl sites for hydroxylation is 1. The molecule has 0 aliphatic rings. The molecule has 0 bridgehead atoms. The molecule has 0 heterocycles. The van der Waals surface area contributed by atoms with Gasteiger partial charge in [0.05, 0.1) is 0 Å². The Morgan fingerprint density at radius 3 is 2.43 bits per heavy atom. The fourth-order valence-electron chi connectivity index (χ4n) is 1.45. The maximum atomic E-state index is 13.4. The molecule has 0 fully saturated rings. The lowest BCUT2D eigenvalue weighted by Crippen LogP contribution is -2.04. The molecule has 0 atom stereocenters. The van der Waals surface area contributed by atoms with Crippen LogP contribution in [-0.4, -0.2) is 6.54 Å². The third kappa shape index (κ3) is 2.10. The summed E-state index contributed by atoms with van der Waals surface area (Å²) in [6, 6.07) is 1.41. The van der Waals surface area contributed by atoms with Gasteiger partial charge in [-0.2, -0.15) is 0 Å². The van der Waals surface area contributed by atoms with Gasteiger partial charge < -0.3 is 5.73 Å². The lowest BCUT2D eigenvalue weighted by atomic mass is 10.0. The molecule has 2 N–H and O–H groups in total. The molecule has 3 heteroatoms. The fourth-order valence-corrected chi connectivity index (χ4v) is 1.45. The van der Waals surface area contributed by atoms with Crippen molar-refractivity contribution in [2.45, 2.75) is 26.7 Å². The van der Waals surface area contributed by atoms with Gasteiger partial charge in [-0.3, -0.25) is 0 Å². The average Bonchev–Trinajstić information content (AvgIpc) is 2.18. The normalized spacial score (nSPS) is 10.6. The summed E-state index contributed by atoms with van der Waals surface area (Å²) in [6.45, 7) is 3.66. The standard InChI is InChI=1S/C11H15F2N/c1-7-9(4-3-5-14)6-10(12)8(2)11(7)13/h6H,3-5,14H2,1-2H3. The first-order valence-corrected chi connectivity index (χ1v) is 4.72. The SMILES string of the molecule is Cc1c(F)cc(CCCN)c(C)c1F. The van der Waals surface area contributed by atoms with E-state index in [0.717, 1.165) is 12.0 Å². The maximum absolute atomic E-state index is 13.4.